The van der Waals surface area contributed by atoms with Gasteiger partial charge in [0.05, 0.1) is 48.1 Å². The predicted octanol–water partition coefficient (Wildman–Crippen LogP) is 4.46. The minimum Gasteiger partial charge on any atom is -0.476 e. The fraction of sp³-hybridized carbons (Fsp3) is 0.407. The maximum Gasteiger partial charge on any atom is 0.272 e. The highest BCUT2D eigenvalue weighted by molar-refractivity contribution is 14.2. The second kappa shape index (κ2) is 11.0. The number of hydrogen-bond acceptors (Lipinski definition) is 6. The van der Waals surface area contributed by atoms with Gasteiger partial charge in [-0.05, 0) is 84.7 Å². The van der Waals surface area contributed by atoms with Gasteiger partial charge in [0.15, 0.2) is 0 Å². The Kier molecular flexibility index (Phi) is 7.47. The zero-order valence-corrected chi connectivity index (χ0v) is 25.6. The summed E-state index contributed by atoms with van der Waals surface area (Å²) in [5, 5.41) is 15.2. The summed E-state index contributed by atoms with van der Waals surface area (Å²) in [6, 6.07) is 6.36. The molecule has 1 unspecified atom stereocenters. The zero-order valence-electron chi connectivity index (χ0n) is 22.4. The van der Waals surface area contributed by atoms with Gasteiger partial charge in [-0.3, -0.25) is 9.48 Å². The molecule has 12 heteroatoms. The van der Waals surface area contributed by atoms with Gasteiger partial charge in [0.1, 0.15) is 12.3 Å². The molecule has 0 saturated carbocycles. The number of carbonyl (C=O) groups is 1. The summed E-state index contributed by atoms with van der Waals surface area (Å²) >= 11 is 2.36. The minimum atomic E-state index is -0.0645. The number of benzene rings is 1. The number of nitrogens with zero attached hydrogens (tertiary/aromatic N) is 8. The van der Waals surface area contributed by atoms with E-state index in [4.69, 9.17) is 14.9 Å². The minimum absolute atomic E-state index is 0.0645. The average Bonchev–Trinajstić information content (AvgIpc) is 3.71. The van der Waals surface area contributed by atoms with Crippen LogP contribution in [0.4, 0.5) is 0 Å². The Morgan fingerprint density at radius 1 is 1.08 bits per heavy atom. The molecule has 0 N–H and O–H groups in total. The third kappa shape index (κ3) is 5.00. The van der Waals surface area contributed by atoms with Crippen LogP contribution in [0.25, 0.3) is 34.2 Å². The second-order valence-electron chi connectivity index (χ2n) is 10.1. The van der Waals surface area contributed by atoms with Crippen molar-refractivity contribution < 1.29 is 9.53 Å². The van der Waals surface area contributed by atoms with Crippen LogP contribution >= 0.6 is 28.4 Å². The van der Waals surface area contributed by atoms with Crippen molar-refractivity contribution in [2.24, 2.45) is 7.05 Å². The van der Waals surface area contributed by atoms with E-state index in [1.165, 1.54) is 12.8 Å². The normalized spacial score (nSPS) is 17.5. The first-order valence-electron chi connectivity index (χ1n) is 13.2. The van der Waals surface area contributed by atoms with E-state index in [-0.39, 0.29) is 5.91 Å². The molecule has 1 atom stereocenters. The summed E-state index contributed by atoms with van der Waals surface area (Å²) in [5.41, 5.74) is 6.14. The SMILES string of the molecule is Cc1nn(CCN2CCCC2)c2c1/C=C/c1nn(PI)c3ccc(cc13)-c1cnn(C)c1OCCN(C)C2=O. The molecule has 10 nitrogen and oxygen atoms in total. The van der Waals surface area contributed by atoms with Crippen LogP contribution in [0, 0.1) is 6.92 Å². The van der Waals surface area contributed by atoms with Crippen molar-refractivity contribution in [3.8, 4) is 17.0 Å². The smallest absolute Gasteiger partial charge is 0.272 e. The van der Waals surface area contributed by atoms with Gasteiger partial charge in [0, 0.05) is 31.6 Å². The Morgan fingerprint density at radius 2 is 1.90 bits per heavy atom. The lowest BCUT2D eigenvalue weighted by Gasteiger charge is -2.20. The number of likely N-dealkylation sites (N-methyl/N-ethyl adjacent to an activating group) is 1. The van der Waals surface area contributed by atoms with Crippen molar-refractivity contribution in [2.75, 3.05) is 39.8 Å². The van der Waals surface area contributed by atoms with E-state index in [0.29, 0.717) is 37.6 Å². The molecule has 0 radical (unpaired) electrons. The molecule has 3 aromatic heterocycles. The Bertz CT molecular complexity index is 1570. The molecule has 0 aliphatic carbocycles. The highest BCUT2D eigenvalue weighted by Crippen LogP contribution is 2.36. The molecule has 1 fully saturated rings. The lowest BCUT2D eigenvalue weighted by Crippen LogP contribution is -2.34. The first-order chi connectivity index (χ1) is 18.9. The molecule has 0 spiro atoms. The van der Waals surface area contributed by atoms with Gasteiger partial charge in [-0.1, -0.05) is 6.07 Å². The highest BCUT2D eigenvalue weighted by Gasteiger charge is 2.25. The van der Waals surface area contributed by atoms with Gasteiger partial charge < -0.3 is 14.5 Å². The van der Waals surface area contributed by atoms with Gasteiger partial charge in [-0.2, -0.15) is 15.3 Å². The monoisotopic (exact) mass is 658 g/mol. The summed E-state index contributed by atoms with van der Waals surface area (Å²) < 4.78 is 11.9. The second-order valence-corrected chi connectivity index (χ2v) is 12.2. The molecule has 6 rings (SSSR count). The standard InChI is InChI=1S/C27H32IN8O2P/c1-18-20-7-8-23-21-16-19(6-9-24(21)36(31-23)39-28)22-17-29-33(3)27(22)38-15-14-32(2)26(37)25(20)35(30-18)13-12-34-10-4-5-11-34/h6-9,16-17,39H,4-5,10-15H2,1-3H3/b8-7+. The van der Waals surface area contributed by atoms with Crippen molar-refractivity contribution in [3.63, 3.8) is 0 Å². The van der Waals surface area contributed by atoms with Crippen LogP contribution in [0.15, 0.2) is 24.4 Å². The summed E-state index contributed by atoms with van der Waals surface area (Å²) in [6.07, 6.45) is 8.79. The molecule has 2 aliphatic rings. The van der Waals surface area contributed by atoms with E-state index in [9.17, 15) is 4.79 Å². The number of rotatable bonds is 4. The number of amides is 1. The fourth-order valence-corrected chi connectivity index (χ4v) is 6.98. The van der Waals surface area contributed by atoms with Crippen molar-refractivity contribution in [2.45, 2.75) is 26.3 Å². The van der Waals surface area contributed by atoms with Crippen molar-refractivity contribution in [3.05, 3.63) is 47.0 Å². The number of ether oxygens (including phenoxy) is 1. The summed E-state index contributed by atoms with van der Waals surface area (Å²) in [6.45, 7) is 6.54. The molecule has 5 heterocycles. The third-order valence-corrected chi connectivity index (χ3v) is 9.48. The van der Waals surface area contributed by atoms with Crippen molar-refractivity contribution >= 4 is 57.4 Å². The summed E-state index contributed by atoms with van der Waals surface area (Å²) in [5.74, 6) is 0.614. The van der Waals surface area contributed by atoms with Crippen molar-refractivity contribution in [1.29, 1.82) is 0 Å². The van der Waals surface area contributed by atoms with E-state index < -0.39 is 0 Å². The van der Waals surface area contributed by atoms with Crippen LogP contribution < -0.4 is 4.74 Å². The third-order valence-electron chi connectivity index (χ3n) is 7.61. The first-order valence-corrected chi connectivity index (χ1v) is 17.3. The maximum atomic E-state index is 13.9. The fourth-order valence-electron chi connectivity index (χ4n) is 5.44. The number of hydrogen-bond donors (Lipinski definition) is 0. The summed E-state index contributed by atoms with van der Waals surface area (Å²) in [7, 11) is 3.70. The quantitative estimate of drug-likeness (QED) is 0.238. The van der Waals surface area contributed by atoms with Gasteiger partial charge in [-0.25, -0.2) is 9.13 Å². The molecule has 2 bridgehead atoms. The van der Waals surface area contributed by atoms with Crippen LogP contribution in [0.5, 0.6) is 5.88 Å². The molecule has 4 aromatic rings. The Balaban J connectivity index is 1.48. The Hall–Kier alpha value is -2.76. The first kappa shape index (κ1) is 26.5. The molecule has 1 amide bonds. The van der Waals surface area contributed by atoms with Crippen LogP contribution in [-0.2, 0) is 13.6 Å². The summed E-state index contributed by atoms with van der Waals surface area (Å²) in [4.78, 5) is 18.1. The number of fused-ring (bicyclic) bond motifs is 4. The number of halogens is 1. The van der Waals surface area contributed by atoms with Gasteiger partial charge in [0.25, 0.3) is 5.91 Å². The predicted molar refractivity (Wildman–Crippen MR) is 164 cm³/mol. The number of carbonyl (C=O) groups excluding carboxylic acids is 1. The highest BCUT2D eigenvalue weighted by atomic mass is 127. The zero-order chi connectivity index (χ0) is 27.1. The Morgan fingerprint density at radius 3 is 2.69 bits per heavy atom. The molecule has 39 heavy (non-hydrogen) atoms. The van der Waals surface area contributed by atoms with Crippen molar-refractivity contribution in [1.82, 2.24) is 38.9 Å². The maximum absolute atomic E-state index is 13.9. The molecular formula is C27H32IN8O2P. The molecule has 204 valence electrons. The average molecular weight is 658 g/mol. The number of aromatic nitrogens is 6. The number of aryl methyl sites for hydroxylation is 2. The number of likely N-dealkylation sites (tertiary alicyclic amines) is 1. The van der Waals surface area contributed by atoms with Gasteiger partial charge >= 0.3 is 0 Å². The van der Waals surface area contributed by atoms with E-state index in [0.717, 1.165) is 58.6 Å². The molecule has 1 saturated heterocycles. The van der Waals surface area contributed by atoms with Crippen LogP contribution in [-0.4, -0.2) is 84.7 Å². The van der Waals surface area contributed by atoms with Gasteiger partial charge in [-0.15, -0.1) is 0 Å². The molecule has 1 aromatic carbocycles. The van der Waals surface area contributed by atoms with E-state index in [1.807, 2.05) is 48.5 Å². The largest absolute Gasteiger partial charge is 0.476 e. The van der Waals surface area contributed by atoms with E-state index in [2.05, 4.69) is 50.2 Å². The van der Waals surface area contributed by atoms with Crippen LogP contribution in [0.3, 0.4) is 0 Å². The topological polar surface area (TPSA) is 86.2 Å². The lowest BCUT2D eigenvalue weighted by atomic mass is 10.0. The van der Waals surface area contributed by atoms with E-state index in [1.54, 1.807) is 9.58 Å². The van der Waals surface area contributed by atoms with Crippen LogP contribution in [0.1, 0.15) is 40.3 Å². The van der Waals surface area contributed by atoms with Crippen LogP contribution in [0.2, 0.25) is 0 Å². The Labute approximate surface area is 242 Å². The van der Waals surface area contributed by atoms with E-state index >= 15 is 0 Å². The lowest BCUT2D eigenvalue weighted by molar-refractivity contribution is 0.0758. The van der Waals surface area contributed by atoms with Gasteiger partial charge in [0.2, 0.25) is 5.88 Å². The molecule has 2 aliphatic heterocycles. The molecular weight excluding hydrogens is 626 g/mol.